The Bertz CT molecular complexity index is 146. The third kappa shape index (κ3) is 2.79. The summed E-state index contributed by atoms with van der Waals surface area (Å²) in [6, 6.07) is 0. The van der Waals surface area contributed by atoms with Gasteiger partial charge in [-0.05, 0) is 26.1 Å². The molecule has 0 aromatic carbocycles. The van der Waals surface area contributed by atoms with Crippen LogP contribution in [-0.2, 0) is 0 Å². The third-order valence-electron chi connectivity index (χ3n) is 1.80. The molecule has 66 valence electrons. The van der Waals surface area contributed by atoms with Crippen molar-refractivity contribution in [3.63, 3.8) is 0 Å². The Kier molecular flexibility index (Phi) is 4.44. The minimum atomic E-state index is -3.02. The standard InChI is InChI=1S/C6H16O2S.H2O/c1-4-9(7,8,5-2)6-3;/h4,7-8H,5-6H2,1-3H3;1H2. The zero-order valence-corrected chi connectivity index (χ0v) is 7.61. The van der Waals surface area contributed by atoms with E-state index in [4.69, 9.17) is 0 Å². The molecule has 0 rings (SSSR count). The number of hydrogen-bond donors (Lipinski definition) is 2. The van der Waals surface area contributed by atoms with Gasteiger partial charge in [-0.15, -0.1) is 0 Å². The van der Waals surface area contributed by atoms with Crippen molar-refractivity contribution in [2.45, 2.75) is 20.8 Å². The molecule has 0 radical (unpaired) electrons. The van der Waals surface area contributed by atoms with E-state index >= 15 is 0 Å². The minimum absolute atomic E-state index is 0. The van der Waals surface area contributed by atoms with Crippen molar-refractivity contribution in [1.29, 1.82) is 0 Å². The van der Waals surface area contributed by atoms with Gasteiger partial charge in [0.05, 0.1) is 0 Å². The van der Waals surface area contributed by atoms with E-state index in [2.05, 4.69) is 0 Å². The summed E-state index contributed by atoms with van der Waals surface area (Å²) >= 11 is 0. The number of rotatable bonds is 2. The Balaban J connectivity index is 0. The van der Waals surface area contributed by atoms with Crippen molar-refractivity contribution in [3.05, 3.63) is 0 Å². The fourth-order valence-corrected chi connectivity index (χ4v) is 1.61. The highest BCUT2D eigenvalue weighted by Crippen LogP contribution is 2.48. The second-order valence-corrected chi connectivity index (χ2v) is 6.48. The summed E-state index contributed by atoms with van der Waals surface area (Å²) in [7, 11) is -3.02. The van der Waals surface area contributed by atoms with Crippen LogP contribution in [0.1, 0.15) is 20.8 Å². The molecule has 4 N–H and O–H groups in total. The van der Waals surface area contributed by atoms with Crippen LogP contribution in [0.5, 0.6) is 0 Å². The largest absolute Gasteiger partial charge is 0.412 e. The van der Waals surface area contributed by atoms with E-state index in [1.807, 2.05) is 0 Å². The second kappa shape index (κ2) is 3.48. The van der Waals surface area contributed by atoms with Crippen molar-refractivity contribution >= 4 is 14.7 Å². The van der Waals surface area contributed by atoms with Crippen molar-refractivity contribution in [1.82, 2.24) is 0 Å². The van der Waals surface area contributed by atoms with E-state index in [9.17, 15) is 9.11 Å². The van der Waals surface area contributed by atoms with Crippen LogP contribution in [0.2, 0.25) is 0 Å². The van der Waals surface area contributed by atoms with Gasteiger partial charge in [-0.3, -0.25) is 0 Å². The fraction of sp³-hybridized carbons (Fsp3) is 0.833. The quantitative estimate of drug-likeness (QED) is 0.613. The Morgan fingerprint density at radius 1 is 1.20 bits per heavy atom. The van der Waals surface area contributed by atoms with E-state index < -0.39 is 9.31 Å². The van der Waals surface area contributed by atoms with Crippen LogP contribution in [0, 0.1) is 0 Å². The predicted molar refractivity (Wildman–Crippen MR) is 49.3 cm³/mol. The molecule has 4 heteroatoms. The van der Waals surface area contributed by atoms with Crippen molar-refractivity contribution in [2.24, 2.45) is 0 Å². The second-order valence-electron chi connectivity index (χ2n) is 2.16. The highest BCUT2D eigenvalue weighted by Gasteiger charge is 2.12. The van der Waals surface area contributed by atoms with Gasteiger partial charge in [-0.1, -0.05) is 0 Å². The monoisotopic (exact) mass is 170 g/mol. The van der Waals surface area contributed by atoms with Crippen molar-refractivity contribution in [2.75, 3.05) is 11.5 Å². The van der Waals surface area contributed by atoms with Gasteiger partial charge in [-0.2, -0.15) is 0 Å². The van der Waals surface area contributed by atoms with E-state index in [1.54, 1.807) is 20.8 Å². The molecule has 0 fully saturated rings. The first-order chi connectivity index (χ1) is 3.96. The lowest BCUT2D eigenvalue weighted by Gasteiger charge is -2.43. The zero-order chi connectivity index (χ0) is 7.57. The molecular formula is C6H18O3S. The van der Waals surface area contributed by atoms with Gasteiger partial charge >= 0.3 is 0 Å². The Morgan fingerprint density at radius 3 is 1.50 bits per heavy atom. The minimum Gasteiger partial charge on any atom is -0.412 e. The van der Waals surface area contributed by atoms with E-state index in [0.29, 0.717) is 11.5 Å². The van der Waals surface area contributed by atoms with Gasteiger partial charge < -0.3 is 14.6 Å². The predicted octanol–water partition coefficient (Wildman–Crippen LogP) is 1.31. The molecule has 0 saturated heterocycles. The van der Waals surface area contributed by atoms with E-state index in [0.717, 1.165) is 0 Å². The first-order valence-electron chi connectivity index (χ1n) is 3.17. The average Bonchev–Trinajstić information content (AvgIpc) is 1.90. The lowest BCUT2D eigenvalue weighted by Crippen LogP contribution is -2.13. The maximum Gasteiger partial charge on any atom is 0.0220 e. The smallest absolute Gasteiger partial charge is 0.0220 e. The lowest BCUT2D eigenvalue weighted by molar-refractivity contribution is 0.484. The molecule has 0 saturated carbocycles. The third-order valence-corrected chi connectivity index (χ3v) is 5.41. The van der Waals surface area contributed by atoms with Gasteiger partial charge in [-0.25, -0.2) is 9.31 Å². The molecule has 0 atom stereocenters. The highest BCUT2D eigenvalue weighted by molar-refractivity contribution is 8.38. The van der Waals surface area contributed by atoms with Gasteiger partial charge in [0, 0.05) is 11.5 Å². The van der Waals surface area contributed by atoms with E-state index in [1.165, 1.54) is 5.37 Å². The molecule has 3 nitrogen and oxygen atoms in total. The van der Waals surface area contributed by atoms with Crippen molar-refractivity contribution < 1.29 is 14.6 Å². The molecule has 0 aliphatic carbocycles. The highest BCUT2D eigenvalue weighted by atomic mass is 32.3. The van der Waals surface area contributed by atoms with Crippen LogP contribution in [0.25, 0.3) is 0 Å². The summed E-state index contributed by atoms with van der Waals surface area (Å²) in [4.78, 5) is 0. The Morgan fingerprint density at radius 2 is 1.50 bits per heavy atom. The summed E-state index contributed by atoms with van der Waals surface area (Å²) in [5.41, 5.74) is 0. The maximum absolute atomic E-state index is 9.51. The summed E-state index contributed by atoms with van der Waals surface area (Å²) in [5.74, 6) is 0.897. The SMILES string of the molecule is CC=S(O)(O)(CC)CC.O. The van der Waals surface area contributed by atoms with Crippen LogP contribution < -0.4 is 0 Å². The molecule has 0 aromatic heterocycles. The molecule has 0 bridgehead atoms. The van der Waals surface area contributed by atoms with Gasteiger partial charge in [0.1, 0.15) is 0 Å². The summed E-state index contributed by atoms with van der Waals surface area (Å²) < 4.78 is 19.0. The molecule has 0 aliphatic heterocycles. The Hall–Kier alpha value is 0.1000. The topological polar surface area (TPSA) is 72.0 Å². The summed E-state index contributed by atoms with van der Waals surface area (Å²) in [5, 5.41) is 1.54. The summed E-state index contributed by atoms with van der Waals surface area (Å²) in [6.45, 7) is 5.30. The zero-order valence-electron chi connectivity index (χ0n) is 6.79. The first-order valence-corrected chi connectivity index (χ1v) is 5.53. The van der Waals surface area contributed by atoms with E-state index in [-0.39, 0.29) is 5.48 Å². The molecule has 0 aromatic rings. The maximum atomic E-state index is 9.51. The molecule has 0 unspecified atom stereocenters. The molecule has 0 spiro atoms. The molecule has 0 aliphatic rings. The molecule has 10 heavy (non-hydrogen) atoms. The lowest BCUT2D eigenvalue weighted by atomic mass is 10.9. The van der Waals surface area contributed by atoms with Gasteiger partial charge in [0.15, 0.2) is 0 Å². The fourth-order valence-electron chi connectivity index (χ4n) is 0.537. The molecule has 0 amide bonds. The van der Waals surface area contributed by atoms with Crippen LogP contribution in [0.15, 0.2) is 0 Å². The molecular weight excluding hydrogens is 152 g/mol. The van der Waals surface area contributed by atoms with Gasteiger partial charge in [0.25, 0.3) is 0 Å². The van der Waals surface area contributed by atoms with Crippen LogP contribution >= 0.6 is 9.31 Å². The van der Waals surface area contributed by atoms with Crippen molar-refractivity contribution in [3.8, 4) is 0 Å². The van der Waals surface area contributed by atoms with Crippen LogP contribution in [0.3, 0.4) is 0 Å². The number of hydrogen-bond acceptors (Lipinski definition) is 2. The first kappa shape index (κ1) is 12.7. The normalized spacial score (nSPS) is 14.7. The van der Waals surface area contributed by atoms with Crippen LogP contribution in [0.4, 0.5) is 0 Å². The average molecular weight is 170 g/mol. The summed E-state index contributed by atoms with van der Waals surface area (Å²) in [6.07, 6.45) is 0. The van der Waals surface area contributed by atoms with Crippen LogP contribution in [-0.4, -0.2) is 31.5 Å². The Labute approximate surface area is 62.3 Å². The molecule has 0 heterocycles. The van der Waals surface area contributed by atoms with Gasteiger partial charge in [0.2, 0.25) is 0 Å².